The predicted molar refractivity (Wildman–Crippen MR) is 101 cm³/mol. The van der Waals surface area contributed by atoms with Crippen LogP contribution < -0.4 is 19.9 Å². The third-order valence-corrected chi connectivity index (χ3v) is 5.05. The maximum atomic E-state index is 11.7. The number of hydrogen-bond donors (Lipinski definition) is 2. The molecule has 1 aliphatic heterocycles. The molecular weight excluding hydrogens is 330 g/mol. The van der Waals surface area contributed by atoms with Crippen LogP contribution in [0.25, 0.3) is 0 Å². The largest absolute Gasteiger partial charge is 0.497 e. The van der Waals surface area contributed by atoms with Crippen LogP contribution in [0.3, 0.4) is 0 Å². The number of nitrogens with zero attached hydrogens (tertiary/aromatic N) is 1. The van der Waals surface area contributed by atoms with Crippen molar-refractivity contribution in [3.8, 4) is 5.75 Å². The molecule has 0 bridgehead atoms. The number of furan rings is 1. The Labute approximate surface area is 154 Å². The Bertz CT molecular complexity index is 677. The molecule has 0 unspecified atom stereocenters. The van der Waals surface area contributed by atoms with E-state index in [-0.39, 0.29) is 11.9 Å². The van der Waals surface area contributed by atoms with Gasteiger partial charge in [0.1, 0.15) is 5.75 Å². The molecule has 1 fully saturated rings. The molecule has 0 radical (unpaired) electrons. The van der Waals surface area contributed by atoms with Gasteiger partial charge in [0.05, 0.1) is 46.1 Å². The molecular formula is C20H28N3O3+. The van der Waals surface area contributed by atoms with Gasteiger partial charge in [-0.2, -0.15) is 0 Å². The van der Waals surface area contributed by atoms with Gasteiger partial charge in [0.15, 0.2) is 11.8 Å². The van der Waals surface area contributed by atoms with Crippen molar-refractivity contribution in [3.63, 3.8) is 0 Å². The van der Waals surface area contributed by atoms with Crippen LogP contribution in [-0.2, 0) is 4.79 Å². The first kappa shape index (κ1) is 18.3. The van der Waals surface area contributed by atoms with E-state index in [9.17, 15) is 4.79 Å². The number of hydrogen-bond acceptors (Lipinski definition) is 4. The van der Waals surface area contributed by atoms with Crippen LogP contribution in [0.15, 0.2) is 47.1 Å². The fourth-order valence-electron chi connectivity index (χ4n) is 3.47. The monoisotopic (exact) mass is 358 g/mol. The molecule has 6 nitrogen and oxygen atoms in total. The fourth-order valence-corrected chi connectivity index (χ4v) is 3.47. The number of methoxy groups -OCH3 is 1. The Morgan fingerprint density at radius 1 is 1.27 bits per heavy atom. The summed E-state index contributed by atoms with van der Waals surface area (Å²) in [5.41, 5.74) is 1.22. The number of anilines is 1. The quantitative estimate of drug-likeness (QED) is 0.782. The zero-order chi connectivity index (χ0) is 18.4. The van der Waals surface area contributed by atoms with Crippen molar-refractivity contribution >= 4 is 11.6 Å². The van der Waals surface area contributed by atoms with Gasteiger partial charge in [0, 0.05) is 12.1 Å². The van der Waals surface area contributed by atoms with Gasteiger partial charge in [-0.05, 0) is 36.4 Å². The summed E-state index contributed by atoms with van der Waals surface area (Å²) in [6.45, 7) is 6.43. The Morgan fingerprint density at radius 2 is 2.00 bits per heavy atom. The van der Waals surface area contributed by atoms with Gasteiger partial charge in [-0.15, -0.1) is 0 Å². The van der Waals surface area contributed by atoms with Gasteiger partial charge in [0.2, 0.25) is 5.91 Å². The smallest absolute Gasteiger partial charge is 0.219 e. The van der Waals surface area contributed by atoms with E-state index in [0.717, 1.165) is 37.7 Å². The molecule has 2 N–H and O–H groups in total. The molecule has 1 aromatic heterocycles. The number of carbonyl (C=O) groups is 1. The van der Waals surface area contributed by atoms with Gasteiger partial charge < -0.3 is 24.3 Å². The van der Waals surface area contributed by atoms with Gasteiger partial charge in [0.25, 0.3) is 0 Å². The van der Waals surface area contributed by atoms with Gasteiger partial charge in [-0.25, -0.2) is 0 Å². The highest BCUT2D eigenvalue weighted by Crippen LogP contribution is 2.19. The standard InChI is InChI=1S/C20H27N3O3/c1-3-20(24)21-15-18(19-5-4-14-26-19)23-12-10-22(11-13-23)16-6-8-17(25-2)9-7-16/h4-9,14,18H,3,10-13,15H2,1-2H3,(H,21,24)/p+1/t18-/m0/s1. The van der Waals surface area contributed by atoms with E-state index in [1.165, 1.54) is 10.6 Å². The average molecular weight is 358 g/mol. The molecule has 26 heavy (non-hydrogen) atoms. The molecule has 2 heterocycles. The zero-order valence-electron chi connectivity index (χ0n) is 15.5. The van der Waals surface area contributed by atoms with E-state index in [2.05, 4.69) is 22.3 Å². The van der Waals surface area contributed by atoms with Crippen molar-refractivity contribution in [1.82, 2.24) is 5.32 Å². The summed E-state index contributed by atoms with van der Waals surface area (Å²) in [6, 6.07) is 12.3. The number of amides is 1. The minimum atomic E-state index is 0.0813. The van der Waals surface area contributed by atoms with Crippen LogP contribution in [0.2, 0.25) is 0 Å². The van der Waals surface area contributed by atoms with Crippen molar-refractivity contribution in [2.75, 3.05) is 44.7 Å². The second kappa shape index (κ2) is 8.76. The number of benzene rings is 1. The lowest BCUT2D eigenvalue weighted by atomic mass is 10.1. The Balaban J connectivity index is 1.62. The van der Waals surface area contributed by atoms with Crippen LogP contribution in [0, 0.1) is 0 Å². The van der Waals surface area contributed by atoms with Crippen LogP contribution in [0.4, 0.5) is 5.69 Å². The third-order valence-electron chi connectivity index (χ3n) is 5.05. The maximum absolute atomic E-state index is 11.7. The molecule has 1 atom stereocenters. The molecule has 3 rings (SSSR count). The van der Waals surface area contributed by atoms with Crippen molar-refractivity contribution in [2.24, 2.45) is 0 Å². The first-order valence-corrected chi connectivity index (χ1v) is 9.25. The number of ether oxygens (including phenoxy) is 1. The molecule has 1 amide bonds. The molecule has 1 aromatic carbocycles. The summed E-state index contributed by atoms with van der Waals surface area (Å²) in [5.74, 6) is 1.90. The normalized spacial score (nSPS) is 16.3. The maximum Gasteiger partial charge on any atom is 0.219 e. The SMILES string of the molecule is CCC(=O)NC[C@@H](c1ccco1)[NH+]1CCN(c2ccc(OC)cc2)CC1. The summed E-state index contributed by atoms with van der Waals surface area (Å²) in [5, 5.41) is 3.03. The summed E-state index contributed by atoms with van der Waals surface area (Å²) < 4.78 is 10.9. The number of piperazine rings is 1. The van der Waals surface area contributed by atoms with E-state index < -0.39 is 0 Å². The lowest BCUT2D eigenvalue weighted by Crippen LogP contribution is -3.15. The highest BCUT2D eigenvalue weighted by atomic mass is 16.5. The molecule has 6 heteroatoms. The zero-order valence-corrected chi connectivity index (χ0v) is 15.5. The average Bonchev–Trinajstić information content (AvgIpc) is 3.23. The van der Waals surface area contributed by atoms with Gasteiger partial charge in [-0.3, -0.25) is 4.79 Å². The first-order chi connectivity index (χ1) is 12.7. The van der Waals surface area contributed by atoms with E-state index in [1.54, 1.807) is 13.4 Å². The molecule has 1 aliphatic rings. The van der Waals surface area contributed by atoms with E-state index in [1.807, 2.05) is 31.2 Å². The lowest BCUT2D eigenvalue weighted by molar-refractivity contribution is -0.932. The second-order valence-electron chi connectivity index (χ2n) is 6.57. The Kier molecular flexibility index (Phi) is 6.17. The van der Waals surface area contributed by atoms with Crippen molar-refractivity contribution in [3.05, 3.63) is 48.4 Å². The van der Waals surface area contributed by atoms with Crippen LogP contribution in [0.1, 0.15) is 25.1 Å². The van der Waals surface area contributed by atoms with Gasteiger partial charge >= 0.3 is 0 Å². The first-order valence-electron chi connectivity index (χ1n) is 9.25. The third kappa shape index (κ3) is 4.38. The van der Waals surface area contributed by atoms with Crippen LogP contribution in [0.5, 0.6) is 5.75 Å². The molecule has 2 aromatic rings. The minimum absolute atomic E-state index is 0.0813. The second-order valence-corrected chi connectivity index (χ2v) is 6.57. The Hall–Kier alpha value is -2.47. The number of quaternary nitrogens is 1. The van der Waals surface area contributed by atoms with Crippen molar-refractivity contribution in [1.29, 1.82) is 0 Å². The lowest BCUT2D eigenvalue weighted by Gasteiger charge is -2.37. The van der Waals surface area contributed by atoms with Crippen LogP contribution >= 0.6 is 0 Å². The highest BCUT2D eigenvalue weighted by Gasteiger charge is 2.30. The molecule has 1 saturated heterocycles. The van der Waals surface area contributed by atoms with Crippen molar-refractivity contribution in [2.45, 2.75) is 19.4 Å². The summed E-state index contributed by atoms with van der Waals surface area (Å²) in [7, 11) is 1.68. The summed E-state index contributed by atoms with van der Waals surface area (Å²) in [6.07, 6.45) is 2.21. The van der Waals surface area contributed by atoms with Crippen molar-refractivity contribution < 1.29 is 18.8 Å². The van der Waals surface area contributed by atoms with E-state index in [0.29, 0.717) is 13.0 Å². The molecule has 0 aliphatic carbocycles. The topological polar surface area (TPSA) is 59.2 Å². The minimum Gasteiger partial charge on any atom is -0.497 e. The fraction of sp³-hybridized carbons (Fsp3) is 0.450. The molecule has 0 saturated carbocycles. The van der Waals surface area contributed by atoms with Gasteiger partial charge in [-0.1, -0.05) is 6.92 Å². The van der Waals surface area contributed by atoms with E-state index in [4.69, 9.17) is 9.15 Å². The number of nitrogens with one attached hydrogen (secondary N) is 2. The summed E-state index contributed by atoms with van der Waals surface area (Å²) in [4.78, 5) is 15.5. The highest BCUT2D eigenvalue weighted by molar-refractivity contribution is 5.75. The molecule has 140 valence electrons. The predicted octanol–water partition coefficient (Wildman–Crippen LogP) is 1.26. The van der Waals surface area contributed by atoms with Crippen LogP contribution in [-0.4, -0.2) is 45.7 Å². The Morgan fingerprint density at radius 3 is 2.58 bits per heavy atom. The molecule has 0 spiro atoms. The number of carbonyl (C=O) groups excluding carboxylic acids is 1. The van der Waals surface area contributed by atoms with E-state index >= 15 is 0 Å². The number of rotatable bonds is 7. The summed E-state index contributed by atoms with van der Waals surface area (Å²) >= 11 is 0.